The summed E-state index contributed by atoms with van der Waals surface area (Å²) >= 11 is 1.80. The van der Waals surface area contributed by atoms with Gasteiger partial charge in [-0.05, 0) is 37.7 Å². The molecule has 0 saturated carbocycles. The van der Waals surface area contributed by atoms with Crippen molar-refractivity contribution in [2.75, 3.05) is 51.7 Å². The van der Waals surface area contributed by atoms with Crippen molar-refractivity contribution in [1.82, 2.24) is 19.4 Å². The van der Waals surface area contributed by atoms with Crippen molar-refractivity contribution in [2.24, 2.45) is 5.16 Å². The highest BCUT2D eigenvalue weighted by molar-refractivity contribution is 7.99. The van der Waals surface area contributed by atoms with Crippen molar-refractivity contribution in [1.29, 1.82) is 0 Å². The summed E-state index contributed by atoms with van der Waals surface area (Å²) in [5.74, 6) is 0.651. The van der Waals surface area contributed by atoms with Crippen LogP contribution in [-0.2, 0) is 10.6 Å². The summed E-state index contributed by atoms with van der Waals surface area (Å²) in [6, 6.07) is 23.8. The Kier molecular flexibility index (Phi) is 8.98. The second-order valence-corrected chi connectivity index (χ2v) is 11.8. The predicted molar refractivity (Wildman–Crippen MR) is 169 cm³/mol. The smallest absolute Gasteiger partial charge is 0.257 e. The van der Waals surface area contributed by atoms with Gasteiger partial charge in [0.25, 0.3) is 5.91 Å². The number of oxime groups is 1. The van der Waals surface area contributed by atoms with Crippen LogP contribution in [0.5, 0.6) is 0 Å². The number of nitrogens with zero attached hydrogens (tertiary/aromatic N) is 5. The Hall–Kier alpha value is -3.92. The van der Waals surface area contributed by atoms with E-state index in [4.69, 9.17) is 4.84 Å². The topological polar surface area (TPSA) is 75.0 Å². The minimum atomic E-state index is -0.119. The largest absolute Gasteiger partial charge is 0.395 e. The number of hydrogen-bond donors (Lipinski definition) is 1. The van der Waals surface area contributed by atoms with Gasteiger partial charge >= 0.3 is 0 Å². The normalized spacial score (nSPS) is 17.6. The molecule has 2 aliphatic heterocycles. The minimum absolute atomic E-state index is 0.119. The quantitative estimate of drug-likeness (QED) is 0.155. The van der Waals surface area contributed by atoms with Crippen LogP contribution in [0.1, 0.15) is 44.5 Å². The molecule has 8 nitrogen and oxygen atoms in total. The van der Waals surface area contributed by atoms with E-state index in [1.54, 1.807) is 18.0 Å². The molecule has 2 aromatic carbocycles. The molecule has 0 bridgehead atoms. The number of thioether (sulfide) groups is 1. The fourth-order valence-corrected chi connectivity index (χ4v) is 6.73. The van der Waals surface area contributed by atoms with E-state index in [-0.39, 0.29) is 11.3 Å². The SMILES string of the molecule is CN1CCN(CCCO/N=C(\c2ccccc2)c2cccc(NC(=O)c3ccn4c3CSC4c3cccnc3)c2)CC1. The third-order valence-corrected chi connectivity index (χ3v) is 9.03. The number of amides is 1. The Labute approximate surface area is 251 Å². The number of anilines is 1. The minimum Gasteiger partial charge on any atom is -0.395 e. The average Bonchev–Trinajstić information content (AvgIpc) is 3.64. The van der Waals surface area contributed by atoms with Gasteiger partial charge in [-0.25, -0.2) is 0 Å². The van der Waals surface area contributed by atoms with Crippen LogP contribution in [0.25, 0.3) is 0 Å². The lowest BCUT2D eigenvalue weighted by atomic mass is 10.0. The van der Waals surface area contributed by atoms with Crippen molar-refractivity contribution < 1.29 is 9.63 Å². The highest BCUT2D eigenvalue weighted by Gasteiger charge is 2.28. The Bertz CT molecular complexity index is 1520. The Balaban J connectivity index is 1.14. The Morgan fingerprint density at radius 1 is 1.02 bits per heavy atom. The van der Waals surface area contributed by atoms with E-state index in [9.17, 15) is 4.79 Å². The van der Waals surface area contributed by atoms with Crippen LogP contribution in [0.2, 0.25) is 0 Å². The van der Waals surface area contributed by atoms with E-state index >= 15 is 0 Å². The van der Waals surface area contributed by atoms with E-state index in [0.717, 1.165) is 73.0 Å². The lowest BCUT2D eigenvalue weighted by molar-refractivity contribution is 0.102. The van der Waals surface area contributed by atoms with Gasteiger partial charge in [-0.2, -0.15) is 0 Å². The molecule has 42 heavy (non-hydrogen) atoms. The number of benzene rings is 2. The monoisotopic (exact) mass is 580 g/mol. The molecule has 0 spiro atoms. The molecule has 2 aliphatic rings. The maximum Gasteiger partial charge on any atom is 0.257 e. The van der Waals surface area contributed by atoms with Crippen LogP contribution in [-0.4, -0.2) is 77.3 Å². The molecule has 9 heteroatoms. The van der Waals surface area contributed by atoms with Crippen LogP contribution < -0.4 is 5.32 Å². The number of carbonyl (C=O) groups is 1. The fraction of sp³-hybridized carbons (Fsp3) is 0.303. The molecule has 4 aromatic rings. The van der Waals surface area contributed by atoms with E-state index < -0.39 is 0 Å². The molecule has 0 aliphatic carbocycles. The van der Waals surface area contributed by atoms with Gasteiger partial charge in [-0.1, -0.05) is 53.7 Å². The van der Waals surface area contributed by atoms with Crippen molar-refractivity contribution in [3.63, 3.8) is 0 Å². The number of piperazine rings is 1. The number of fused-ring (bicyclic) bond motifs is 1. The van der Waals surface area contributed by atoms with Crippen molar-refractivity contribution in [3.05, 3.63) is 119 Å². The van der Waals surface area contributed by atoms with Crippen molar-refractivity contribution >= 4 is 29.1 Å². The molecule has 2 aromatic heterocycles. The summed E-state index contributed by atoms with van der Waals surface area (Å²) in [6.45, 7) is 5.99. The van der Waals surface area contributed by atoms with Gasteiger partial charge in [0.2, 0.25) is 0 Å². The summed E-state index contributed by atoms with van der Waals surface area (Å²) < 4.78 is 2.17. The van der Waals surface area contributed by atoms with E-state index in [0.29, 0.717) is 17.9 Å². The first kappa shape index (κ1) is 28.2. The number of hydrogen-bond acceptors (Lipinski definition) is 7. The fourth-order valence-electron chi connectivity index (χ4n) is 5.42. The number of aromatic nitrogens is 2. The maximum atomic E-state index is 13.4. The van der Waals surface area contributed by atoms with Crippen LogP contribution in [0.4, 0.5) is 5.69 Å². The lowest BCUT2D eigenvalue weighted by Crippen LogP contribution is -2.44. The third-order valence-electron chi connectivity index (χ3n) is 7.77. The zero-order chi connectivity index (χ0) is 28.7. The summed E-state index contributed by atoms with van der Waals surface area (Å²) in [5.41, 5.74) is 6.15. The number of pyridine rings is 1. The van der Waals surface area contributed by atoms with Gasteiger partial charge < -0.3 is 24.5 Å². The molecular formula is C33H36N6O2S. The summed E-state index contributed by atoms with van der Waals surface area (Å²) in [6.07, 6.45) is 6.59. The van der Waals surface area contributed by atoms with Crippen LogP contribution in [0, 0.1) is 0 Å². The number of likely N-dealkylation sites (N-methyl/N-ethyl adjacent to an activating group) is 1. The van der Waals surface area contributed by atoms with Gasteiger partial charge in [0.15, 0.2) is 0 Å². The first-order chi connectivity index (χ1) is 20.7. The number of carbonyl (C=O) groups excluding carboxylic acids is 1. The van der Waals surface area contributed by atoms with E-state index in [1.165, 1.54) is 0 Å². The standard InChI is InChI=1S/C33H36N6O2S/c1-37-17-19-38(20-18-37)15-7-21-41-36-31(25-8-3-2-4-9-25)26-10-5-12-28(22-26)35-32(40)29-13-16-39-30(29)24-42-33(39)27-11-6-14-34-23-27/h2-6,8-14,16,22-23,33H,7,15,17-21,24H2,1H3,(H,35,40)/b36-31+. The van der Waals surface area contributed by atoms with Gasteiger partial charge in [0, 0.05) is 85.1 Å². The zero-order valence-corrected chi connectivity index (χ0v) is 24.7. The Morgan fingerprint density at radius 3 is 2.67 bits per heavy atom. The summed E-state index contributed by atoms with van der Waals surface area (Å²) in [4.78, 5) is 28.4. The van der Waals surface area contributed by atoms with Gasteiger partial charge in [-0.3, -0.25) is 9.78 Å². The molecule has 1 saturated heterocycles. The van der Waals surface area contributed by atoms with Crippen molar-refractivity contribution in [3.8, 4) is 0 Å². The van der Waals surface area contributed by atoms with Crippen LogP contribution in [0.3, 0.4) is 0 Å². The molecule has 216 valence electrons. The summed E-state index contributed by atoms with van der Waals surface area (Å²) in [5, 5.41) is 7.82. The molecule has 1 amide bonds. The maximum absolute atomic E-state index is 13.4. The first-order valence-corrected chi connectivity index (χ1v) is 15.5. The van der Waals surface area contributed by atoms with Gasteiger partial charge in [-0.15, -0.1) is 11.8 Å². The van der Waals surface area contributed by atoms with Crippen molar-refractivity contribution in [2.45, 2.75) is 17.5 Å². The Morgan fingerprint density at radius 2 is 1.86 bits per heavy atom. The first-order valence-electron chi connectivity index (χ1n) is 14.4. The third kappa shape index (κ3) is 6.59. The molecule has 0 radical (unpaired) electrons. The number of nitrogens with one attached hydrogen (secondary N) is 1. The molecule has 1 atom stereocenters. The van der Waals surface area contributed by atoms with Crippen LogP contribution >= 0.6 is 11.8 Å². The molecule has 1 unspecified atom stereocenters. The lowest BCUT2D eigenvalue weighted by Gasteiger charge is -2.32. The second-order valence-electron chi connectivity index (χ2n) is 10.7. The predicted octanol–water partition coefficient (Wildman–Crippen LogP) is 5.34. The zero-order valence-electron chi connectivity index (χ0n) is 23.9. The molecule has 6 rings (SSSR count). The second kappa shape index (κ2) is 13.4. The summed E-state index contributed by atoms with van der Waals surface area (Å²) in [7, 11) is 2.17. The molecular weight excluding hydrogens is 544 g/mol. The molecule has 1 N–H and O–H groups in total. The number of rotatable bonds is 10. The van der Waals surface area contributed by atoms with E-state index in [2.05, 4.69) is 42.9 Å². The molecule has 4 heterocycles. The van der Waals surface area contributed by atoms with Crippen LogP contribution in [0.15, 0.2) is 96.5 Å². The van der Waals surface area contributed by atoms with E-state index in [1.807, 2.05) is 79.1 Å². The average molecular weight is 581 g/mol. The highest BCUT2D eigenvalue weighted by atomic mass is 32.2. The molecule has 1 fully saturated rings. The van der Waals surface area contributed by atoms with Gasteiger partial charge in [0.1, 0.15) is 17.7 Å². The van der Waals surface area contributed by atoms with Gasteiger partial charge in [0.05, 0.1) is 5.56 Å². The highest BCUT2D eigenvalue weighted by Crippen LogP contribution is 2.42.